The Labute approximate surface area is 118 Å². The van der Waals surface area contributed by atoms with Crippen LogP contribution in [-0.2, 0) is 0 Å². The van der Waals surface area contributed by atoms with E-state index in [1.54, 1.807) is 6.07 Å². The van der Waals surface area contributed by atoms with E-state index in [-0.39, 0.29) is 5.82 Å². The first kappa shape index (κ1) is 13.0. The lowest BCUT2D eigenvalue weighted by molar-refractivity contribution is 0.628. The molecule has 18 heavy (non-hydrogen) atoms. The van der Waals surface area contributed by atoms with Crippen LogP contribution < -0.4 is 10.6 Å². The number of benzene rings is 2. The van der Waals surface area contributed by atoms with Gasteiger partial charge in [-0.2, -0.15) is 0 Å². The molecule has 0 aliphatic heterocycles. The van der Waals surface area contributed by atoms with Crippen molar-refractivity contribution in [1.29, 1.82) is 0 Å². The van der Waals surface area contributed by atoms with Crippen LogP contribution >= 0.6 is 28.1 Å². The lowest BCUT2D eigenvalue weighted by Gasteiger charge is -2.11. The first-order valence-corrected chi connectivity index (χ1v) is 6.43. The SMILES string of the molecule is Fc1ccc(Br)c(NC(=S)Nc2ccccc2)c1. The molecule has 0 saturated carbocycles. The van der Waals surface area contributed by atoms with Crippen molar-refractivity contribution in [3.05, 3.63) is 58.8 Å². The van der Waals surface area contributed by atoms with Crippen molar-refractivity contribution in [2.45, 2.75) is 0 Å². The average Bonchev–Trinajstić information content (AvgIpc) is 2.35. The van der Waals surface area contributed by atoms with Crippen LogP contribution in [0.15, 0.2) is 53.0 Å². The largest absolute Gasteiger partial charge is 0.332 e. The summed E-state index contributed by atoms with van der Waals surface area (Å²) in [7, 11) is 0. The van der Waals surface area contributed by atoms with E-state index in [1.165, 1.54) is 12.1 Å². The Balaban J connectivity index is 2.05. The van der Waals surface area contributed by atoms with Gasteiger partial charge in [0.25, 0.3) is 0 Å². The highest BCUT2D eigenvalue weighted by molar-refractivity contribution is 9.10. The molecule has 2 nitrogen and oxygen atoms in total. The van der Waals surface area contributed by atoms with E-state index in [9.17, 15) is 4.39 Å². The molecule has 0 aliphatic carbocycles. The summed E-state index contributed by atoms with van der Waals surface area (Å²) < 4.78 is 13.9. The van der Waals surface area contributed by atoms with Crippen LogP contribution in [-0.4, -0.2) is 5.11 Å². The zero-order chi connectivity index (χ0) is 13.0. The minimum absolute atomic E-state index is 0.316. The van der Waals surface area contributed by atoms with E-state index in [4.69, 9.17) is 12.2 Å². The summed E-state index contributed by atoms with van der Waals surface area (Å²) in [6, 6.07) is 13.9. The van der Waals surface area contributed by atoms with Crippen molar-refractivity contribution in [3.8, 4) is 0 Å². The molecule has 2 aromatic carbocycles. The van der Waals surface area contributed by atoms with Crippen LogP contribution in [0.4, 0.5) is 15.8 Å². The number of hydrogen-bond donors (Lipinski definition) is 2. The third-order valence-electron chi connectivity index (χ3n) is 2.21. The number of halogens is 2. The summed E-state index contributed by atoms with van der Waals surface area (Å²) in [5.41, 5.74) is 1.46. The molecule has 2 aromatic rings. The highest BCUT2D eigenvalue weighted by Crippen LogP contribution is 2.23. The normalized spacial score (nSPS) is 9.89. The van der Waals surface area contributed by atoms with Gasteiger partial charge in [0.2, 0.25) is 0 Å². The molecule has 0 unspecified atom stereocenters. The van der Waals surface area contributed by atoms with E-state index in [2.05, 4.69) is 26.6 Å². The number of nitrogens with one attached hydrogen (secondary N) is 2. The molecule has 0 aliphatic rings. The van der Waals surface area contributed by atoms with Gasteiger partial charge in [-0.05, 0) is 58.5 Å². The van der Waals surface area contributed by atoms with Crippen molar-refractivity contribution in [2.75, 3.05) is 10.6 Å². The van der Waals surface area contributed by atoms with Crippen molar-refractivity contribution >= 4 is 44.6 Å². The van der Waals surface area contributed by atoms with Crippen molar-refractivity contribution in [1.82, 2.24) is 0 Å². The summed E-state index contributed by atoms with van der Waals surface area (Å²) >= 11 is 8.48. The van der Waals surface area contributed by atoms with Gasteiger partial charge in [-0.25, -0.2) is 4.39 Å². The Morgan fingerprint density at radius 2 is 1.78 bits per heavy atom. The molecule has 0 amide bonds. The highest BCUT2D eigenvalue weighted by atomic mass is 79.9. The summed E-state index contributed by atoms with van der Waals surface area (Å²) in [5.74, 6) is -0.316. The smallest absolute Gasteiger partial charge is 0.175 e. The van der Waals surface area contributed by atoms with Gasteiger partial charge in [-0.3, -0.25) is 0 Å². The standard InChI is InChI=1S/C13H10BrFN2S/c14-11-7-6-9(15)8-12(11)17-13(18)16-10-4-2-1-3-5-10/h1-8H,(H2,16,17,18). The van der Waals surface area contributed by atoms with Gasteiger partial charge in [-0.1, -0.05) is 18.2 Å². The maximum absolute atomic E-state index is 13.1. The number of hydrogen-bond acceptors (Lipinski definition) is 1. The van der Waals surface area contributed by atoms with E-state index in [0.29, 0.717) is 10.8 Å². The van der Waals surface area contributed by atoms with Crippen LogP contribution in [0, 0.1) is 5.82 Å². The van der Waals surface area contributed by atoms with E-state index in [1.807, 2.05) is 30.3 Å². The Bertz CT molecular complexity index is 560. The van der Waals surface area contributed by atoms with Crippen LogP contribution in [0.2, 0.25) is 0 Å². The number of thiocarbonyl (C=S) groups is 1. The summed E-state index contributed by atoms with van der Waals surface area (Å²) in [6.07, 6.45) is 0. The molecule has 0 fully saturated rings. The van der Waals surface area contributed by atoms with Crippen LogP contribution in [0.25, 0.3) is 0 Å². The van der Waals surface area contributed by atoms with Crippen LogP contribution in [0.1, 0.15) is 0 Å². The van der Waals surface area contributed by atoms with Crippen molar-refractivity contribution in [3.63, 3.8) is 0 Å². The Kier molecular flexibility index (Phi) is 4.28. The lowest BCUT2D eigenvalue weighted by atomic mass is 10.3. The van der Waals surface area contributed by atoms with Crippen LogP contribution in [0.3, 0.4) is 0 Å². The molecule has 5 heteroatoms. The summed E-state index contributed by atoms with van der Waals surface area (Å²) in [6.45, 7) is 0. The zero-order valence-corrected chi connectivity index (χ0v) is 11.7. The second-order valence-electron chi connectivity index (χ2n) is 3.57. The Morgan fingerprint density at radius 3 is 2.50 bits per heavy atom. The molecule has 0 heterocycles. The molecule has 92 valence electrons. The van der Waals surface area contributed by atoms with E-state index >= 15 is 0 Å². The molecule has 0 aromatic heterocycles. The predicted octanol–water partition coefficient (Wildman–Crippen LogP) is 4.40. The molecule has 0 spiro atoms. The van der Waals surface area contributed by atoms with Crippen LogP contribution in [0.5, 0.6) is 0 Å². The molecular formula is C13H10BrFN2S. The van der Waals surface area contributed by atoms with Gasteiger partial charge in [0, 0.05) is 10.2 Å². The second kappa shape index (κ2) is 5.93. The van der Waals surface area contributed by atoms with Gasteiger partial charge >= 0.3 is 0 Å². The van der Waals surface area contributed by atoms with Gasteiger partial charge in [0.15, 0.2) is 5.11 Å². The molecule has 0 saturated heterocycles. The van der Waals surface area contributed by atoms with Gasteiger partial charge < -0.3 is 10.6 Å². The fourth-order valence-electron chi connectivity index (χ4n) is 1.40. The van der Waals surface area contributed by atoms with Gasteiger partial charge in [0.05, 0.1) is 5.69 Å². The average molecular weight is 325 g/mol. The topological polar surface area (TPSA) is 24.1 Å². The Hall–Kier alpha value is -1.46. The number of para-hydroxylation sites is 1. The predicted molar refractivity (Wildman–Crippen MR) is 80.4 cm³/mol. The van der Waals surface area contributed by atoms with Crippen molar-refractivity contribution < 1.29 is 4.39 Å². The maximum Gasteiger partial charge on any atom is 0.175 e. The second-order valence-corrected chi connectivity index (χ2v) is 4.83. The summed E-state index contributed by atoms with van der Waals surface area (Å²) in [5, 5.41) is 6.36. The fraction of sp³-hybridized carbons (Fsp3) is 0. The first-order valence-electron chi connectivity index (χ1n) is 5.23. The quantitative estimate of drug-likeness (QED) is 0.801. The first-order chi connectivity index (χ1) is 8.65. The van der Waals surface area contributed by atoms with Gasteiger partial charge in [0.1, 0.15) is 5.82 Å². The number of rotatable bonds is 2. The monoisotopic (exact) mass is 324 g/mol. The van der Waals surface area contributed by atoms with Gasteiger partial charge in [-0.15, -0.1) is 0 Å². The van der Waals surface area contributed by atoms with Crippen molar-refractivity contribution in [2.24, 2.45) is 0 Å². The number of anilines is 2. The third kappa shape index (κ3) is 3.51. The lowest BCUT2D eigenvalue weighted by Crippen LogP contribution is -2.19. The Morgan fingerprint density at radius 1 is 1.06 bits per heavy atom. The molecule has 0 atom stereocenters. The minimum atomic E-state index is -0.316. The summed E-state index contributed by atoms with van der Waals surface area (Å²) in [4.78, 5) is 0. The highest BCUT2D eigenvalue weighted by Gasteiger charge is 2.04. The molecule has 0 radical (unpaired) electrons. The third-order valence-corrected chi connectivity index (χ3v) is 3.10. The molecule has 0 bridgehead atoms. The zero-order valence-electron chi connectivity index (χ0n) is 9.28. The molecular weight excluding hydrogens is 315 g/mol. The van der Waals surface area contributed by atoms with E-state index < -0.39 is 0 Å². The molecule has 2 rings (SSSR count). The molecule has 2 N–H and O–H groups in total. The minimum Gasteiger partial charge on any atom is -0.332 e. The maximum atomic E-state index is 13.1. The fourth-order valence-corrected chi connectivity index (χ4v) is 1.97. The van der Waals surface area contributed by atoms with E-state index in [0.717, 1.165) is 10.2 Å².